The number of carbonyl (C=O) groups excluding carboxylic acids is 3. The Morgan fingerprint density at radius 2 is 1.40 bits per heavy atom. The van der Waals surface area contributed by atoms with Crippen molar-refractivity contribution in [2.75, 3.05) is 43.5 Å². The SMILES string of the molecule is O=C(CNc1cccc(C(=O)NCC2CCCO2)c1)Nc1ccc(C(=O)NCC2CCCO2)cc1. The lowest BCUT2D eigenvalue weighted by molar-refractivity contribution is -0.114. The zero-order valence-electron chi connectivity index (χ0n) is 19.7. The fraction of sp³-hybridized carbons (Fsp3) is 0.423. The number of hydrogen-bond acceptors (Lipinski definition) is 6. The predicted octanol–water partition coefficient (Wildman–Crippen LogP) is 2.55. The van der Waals surface area contributed by atoms with Gasteiger partial charge in [0.15, 0.2) is 0 Å². The van der Waals surface area contributed by atoms with Gasteiger partial charge >= 0.3 is 0 Å². The number of nitrogens with one attached hydrogen (secondary N) is 4. The first-order chi connectivity index (χ1) is 17.1. The average molecular weight is 481 g/mol. The summed E-state index contributed by atoms with van der Waals surface area (Å²) < 4.78 is 11.0. The van der Waals surface area contributed by atoms with Crippen molar-refractivity contribution in [3.63, 3.8) is 0 Å². The summed E-state index contributed by atoms with van der Waals surface area (Å²) in [4.78, 5) is 37.0. The highest BCUT2D eigenvalue weighted by Gasteiger charge is 2.18. The van der Waals surface area contributed by atoms with Crippen LogP contribution in [0.15, 0.2) is 48.5 Å². The third-order valence-electron chi connectivity index (χ3n) is 6.04. The van der Waals surface area contributed by atoms with Crippen LogP contribution >= 0.6 is 0 Å². The van der Waals surface area contributed by atoms with E-state index in [9.17, 15) is 14.4 Å². The van der Waals surface area contributed by atoms with Gasteiger partial charge in [-0.05, 0) is 68.1 Å². The molecular weight excluding hydrogens is 448 g/mol. The summed E-state index contributed by atoms with van der Waals surface area (Å²) in [5.74, 6) is -0.581. The summed E-state index contributed by atoms with van der Waals surface area (Å²) in [5.41, 5.74) is 2.30. The van der Waals surface area contributed by atoms with E-state index < -0.39 is 0 Å². The largest absolute Gasteiger partial charge is 0.376 e. The number of benzene rings is 2. The highest BCUT2D eigenvalue weighted by molar-refractivity contribution is 5.97. The van der Waals surface area contributed by atoms with Gasteiger partial charge in [-0.1, -0.05) is 6.07 Å². The maximum atomic E-state index is 12.4. The van der Waals surface area contributed by atoms with Crippen LogP contribution in [-0.4, -0.2) is 62.8 Å². The number of anilines is 2. The number of amides is 3. The molecule has 2 aliphatic heterocycles. The molecule has 2 saturated heterocycles. The van der Waals surface area contributed by atoms with Crippen molar-refractivity contribution in [3.8, 4) is 0 Å². The van der Waals surface area contributed by atoms with Gasteiger partial charge < -0.3 is 30.7 Å². The first-order valence-corrected chi connectivity index (χ1v) is 12.1. The fourth-order valence-corrected chi connectivity index (χ4v) is 4.09. The smallest absolute Gasteiger partial charge is 0.251 e. The van der Waals surface area contributed by atoms with Crippen LogP contribution in [-0.2, 0) is 14.3 Å². The molecule has 0 saturated carbocycles. The summed E-state index contributed by atoms with van der Waals surface area (Å²) >= 11 is 0. The van der Waals surface area contributed by atoms with E-state index in [1.165, 1.54) is 0 Å². The summed E-state index contributed by atoms with van der Waals surface area (Å²) in [6.07, 6.45) is 4.15. The zero-order valence-corrected chi connectivity index (χ0v) is 19.7. The lowest BCUT2D eigenvalue weighted by atomic mass is 10.1. The van der Waals surface area contributed by atoms with Crippen molar-refractivity contribution in [2.45, 2.75) is 37.9 Å². The molecule has 9 heteroatoms. The summed E-state index contributed by atoms with van der Waals surface area (Å²) in [6.45, 7) is 2.53. The lowest BCUT2D eigenvalue weighted by Gasteiger charge is -2.12. The van der Waals surface area contributed by atoms with Gasteiger partial charge in [-0.2, -0.15) is 0 Å². The first kappa shape index (κ1) is 24.7. The van der Waals surface area contributed by atoms with Crippen LogP contribution in [0.2, 0.25) is 0 Å². The van der Waals surface area contributed by atoms with Gasteiger partial charge in [0, 0.05) is 48.8 Å². The van der Waals surface area contributed by atoms with E-state index in [2.05, 4.69) is 21.3 Å². The molecule has 0 aliphatic carbocycles. The Kier molecular flexibility index (Phi) is 8.69. The second-order valence-corrected chi connectivity index (χ2v) is 8.75. The molecule has 9 nitrogen and oxygen atoms in total. The standard InChI is InChI=1S/C26H32N4O5/c31-24(30-20-10-8-18(9-11-20)25(32)28-15-22-6-2-12-34-22)17-27-21-5-1-4-19(14-21)26(33)29-16-23-7-3-13-35-23/h1,4-5,8-11,14,22-23,27H,2-3,6-7,12-13,15-17H2,(H,28,32)(H,29,33)(H,30,31). The Balaban J connectivity index is 1.20. The minimum Gasteiger partial charge on any atom is -0.376 e. The van der Waals surface area contributed by atoms with Crippen molar-refractivity contribution in [1.29, 1.82) is 0 Å². The molecule has 0 bridgehead atoms. The monoisotopic (exact) mass is 480 g/mol. The normalized spacial score (nSPS) is 19.2. The second kappa shape index (κ2) is 12.3. The Morgan fingerprint density at radius 3 is 2.00 bits per heavy atom. The number of carbonyl (C=O) groups is 3. The molecule has 4 N–H and O–H groups in total. The molecule has 35 heavy (non-hydrogen) atoms. The van der Waals surface area contributed by atoms with Crippen LogP contribution in [0.5, 0.6) is 0 Å². The van der Waals surface area contributed by atoms with Crippen molar-refractivity contribution in [2.24, 2.45) is 0 Å². The van der Waals surface area contributed by atoms with Gasteiger partial charge in [-0.15, -0.1) is 0 Å². The molecule has 2 atom stereocenters. The quantitative estimate of drug-likeness (QED) is 0.415. The molecule has 3 amide bonds. The van der Waals surface area contributed by atoms with Gasteiger partial charge in [0.2, 0.25) is 5.91 Å². The second-order valence-electron chi connectivity index (χ2n) is 8.75. The Hall–Kier alpha value is -3.43. The van der Waals surface area contributed by atoms with Gasteiger partial charge in [-0.25, -0.2) is 0 Å². The predicted molar refractivity (Wildman–Crippen MR) is 133 cm³/mol. The van der Waals surface area contributed by atoms with Crippen molar-refractivity contribution >= 4 is 29.1 Å². The zero-order chi connectivity index (χ0) is 24.5. The maximum Gasteiger partial charge on any atom is 0.251 e. The molecule has 2 aromatic carbocycles. The molecule has 186 valence electrons. The third-order valence-corrected chi connectivity index (χ3v) is 6.04. The van der Waals surface area contributed by atoms with Gasteiger partial charge in [-0.3, -0.25) is 14.4 Å². The van der Waals surface area contributed by atoms with E-state index in [1.807, 2.05) is 0 Å². The summed E-state index contributed by atoms with van der Waals surface area (Å²) in [7, 11) is 0. The minimum absolute atomic E-state index is 0.0324. The van der Waals surface area contributed by atoms with Crippen molar-refractivity contribution in [3.05, 3.63) is 59.7 Å². The van der Waals surface area contributed by atoms with Gasteiger partial charge in [0.05, 0.1) is 18.8 Å². The molecule has 2 unspecified atom stereocenters. The van der Waals surface area contributed by atoms with Crippen LogP contribution < -0.4 is 21.3 Å². The van der Waals surface area contributed by atoms with E-state index in [4.69, 9.17) is 9.47 Å². The van der Waals surface area contributed by atoms with E-state index in [1.54, 1.807) is 48.5 Å². The molecule has 2 fully saturated rings. The average Bonchev–Trinajstić information content (AvgIpc) is 3.60. The number of ether oxygens (including phenoxy) is 2. The number of rotatable bonds is 10. The van der Waals surface area contributed by atoms with Crippen molar-refractivity contribution < 1.29 is 23.9 Å². The topological polar surface area (TPSA) is 118 Å². The van der Waals surface area contributed by atoms with Gasteiger partial charge in [0.25, 0.3) is 11.8 Å². The molecular formula is C26H32N4O5. The molecule has 2 aliphatic rings. The Labute approximate surface area is 204 Å². The first-order valence-electron chi connectivity index (χ1n) is 12.1. The van der Waals surface area contributed by atoms with E-state index in [-0.39, 0.29) is 36.5 Å². The highest BCUT2D eigenvalue weighted by Crippen LogP contribution is 2.14. The summed E-state index contributed by atoms with van der Waals surface area (Å²) in [6, 6.07) is 13.7. The third kappa shape index (κ3) is 7.53. The maximum absolute atomic E-state index is 12.4. The minimum atomic E-state index is -0.242. The number of hydrogen-bond donors (Lipinski definition) is 4. The van der Waals surface area contributed by atoms with Crippen LogP contribution in [0, 0.1) is 0 Å². The van der Waals surface area contributed by atoms with E-state index in [0.717, 1.165) is 38.9 Å². The molecule has 2 heterocycles. The Bertz CT molecular complexity index is 1010. The van der Waals surface area contributed by atoms with Gasteiger partial charge in [0.1, 0.15) is 0 Å². The Morgan fingerprint density at radius 1 is 0.771 bits per heavy atom. The van der Waals surface area contributed by atoms with Crippen LogP contribution in [0.25, 0.3) is 0 Å². The van der Waals surface area contributed by atoms with E-state index in [0.29, 0.717) is 35.6 Å². The molecule has 0 spiro atoms. The fourth-order valence-electron chi connectivity index (χ4n) is 4.09. The summed E-state index contributed by atoms with van der Waals surface area (Å²) in [5, 5.41) is 11.6. The van der Waals surface area contributed by atoms with Crippen LogP contribution in [0.1, 0.15) is 46.4 Å². The van der Waals surface area contributed by atoms with Crippen LogP contribution in [0.4, 0.5) is 11.4 Å². The molecule has 4 rings (SSSR count). The highest BCUT2D eigenvalue weighted by atomic mass is 16.5. The van der Waals surface area contributed by atoms with Crippen molar-refractivity contribution in [1.82, 2.24) is 10.6 Å². The lowest BCUT2D eigenvalue weighted by Crippen LogP contribution is -2.31. The molecule has 0 radical (unpaired) electrons. The van der Waals surface area contributed by atoms with E-state index >= 15 is 0 Å². The molecule has 0 aromatic heterocycles. The molecule has 2 aromatic rings. The van der Waals surface area contributed by atoms with Crippen LogP contribution in [0.3, 0.4) is 0 Å².